The second-order valence-electron chi connectivity index (χ2n) is 7.90. The first-order valence-electron chi connectivity index (χ1n) is 10.3. The van der Waals surface area contributed by atoms with Crippen molar-refractivity contribution in [1.29, 1.82) is 0 Å². The summed E-state index contributed by atoms with van der Waals surface area (Å²) in [6.07, 6.45) is 4.07. The lowest BCUT2D eigenvalue weighted by Crippen LogP contribution is -2.41. The minimum Gasteiger partial charge on any atom is -0.383 e. The highest BCUT2D eigenvalue weighted by atomic mass is 32.1. The average molecular weight is 444 g/mol. The third kappa shape index (κ3) is 4.33. The van der Waals surface area contributed by atoms with E-state index in [-0.39, 0.29) is 28.9 Å². The molecule has 1 fully saturated rings. The smallest absolute Gasteiger partial charge is 0.264 e. The van der Waals surface area contributed by atoms with Crippen LogP contribution in [-0.4, -0.2) is 53.9 Å². The molecule has 0 saturated heterocycles. The van der Waals surface area contributed by atoms with Gasteiger partial charge in [0.15, 0.2) is 5.78 Å². The molecule has 2 amide bonds. The second kappa shape index (κ2) is 8.76. The Morgan fingerprint density at radius 2 is 1.97 bits per heavy atom. The number of ether oxygens (including phenoxy) is 1. The van der Waals surface area contributed by atoms with Crippen LogP contribution in [0.1, 0.15) is 66.6 Å². The maximum absolute atomic E-state index is 13.1. The first kappa shape index (κ1) is 21.5. The van der Waals surface area contributed by atoms with Gasteiger partial charge in [0.2, 0.25) is 0 Å². The number of pyridine rings is 1. The van der Waals surface area contributed by atoms with Crippen molar-refractivity contribution < 1.29 is 19.1 Å². The molecule has 0 aromatic carbocycles. The van der Waals surface area contributed by atoms with Crippen LogP contribution in [0.5, 0.6) is 0 Å². The van der Waals surface area contributed by atoms with Crippen molar-refractivity contribution in [2.45, 2.75) is 38.8 Å². The molecule has 4 rings (SSSR count). The molecule has 2 aliphatic rings. The van der Waals surface area contributed by atoms with Gasteiger partial charge < -0.3 is 19.5 Å². The van der Waals surface area contributed by atoms with E-state index >= 15 is 0 Å². The lowest BCUT2D eigenvalue weighted by molar-refractivity contribution is 0.0738. The minimum absolute atomic E-state index is 0.0642. The van der Waals surface area contributed by atoms with E-state index in [9.17, 15) is 19.2 Å². The molecule has 164 valence electrons. The minimum atomic E-state index is -0.391. The largest absolute Gasteiger partial charge is 0.383 e. The first-order valence-corrected chi connectivity index (χ1v) is 11.2. The molecule has 2 aromatic heterocycles. The van der Waals surface area contributed by atoms with E-state index < -0.39 is 5.91 Å². The molecule has 1 aliphatic carbocycles. The van der Waals surface area contributed by atoms with E-state index in [1.54, 1.807) is 28.7 Å². The molecule has 1 saturated carbocycles. The van der Waals surface area contributed by atoms with E-state index in [0.717, 1.165) is 24.0 Å². The number of ketones is 1. The Kier molecular flexibility index (Phi) is 6.06. The summed E-state index contributed by atoms with van der Waals surface area (Å²) < 4.78 is 6.63. The molecular formula is C22H25N3O5S. The van der Waals surface area contributed by atoms with Gasteiger partial charge in [-0.3, -0.25) is 19.2 Å². The van der Waals surface area contributed by atoms with E-state index in [1.807, 2.05) is 6.20 Å². The number of carbonyl (C=O) groups is 3. The lowest BCUT2D eigenvalue weighted by Gasteiger charge is -2.30. The quantitative estimate of drug-likeness (QED) is 0.522. The van der Waals surface area contributed by atoms with Gasteiger partial charge in [-0.2, -0.15) is 0 Å². The Balaban J connectivity index is 1.63. The van der Waals surface area contributed by atoms with Crippen LogP contribution in [0.2, 0.25) is 0 Å². The zero-order valence-corrected chi connectivity index (χ0v) is 18.4. The summed E-state index contributed by atoms with van der Waals surface area (Å²) in [5, 5.41) is 2.76. The third-order valence-electron chi connectivity index (χ3n) is 5.64. The van der Waals surface area contributed by atoms with Gasteiger partial charge in [-0.25, -0.2) is 0 Å². The molecule has 0 atom stereocenters. The number of aromatic nitrogens is 1. The van der Waals surface area contributed by atoms with Crippen LogP contribution in [0, 0.1) is 0 Å². The highest BCUT2D eigenvalue weighted by Crippen LogP contribution is 2.35. The molecule has 0 unspecified atom stereocenters. The summed E-state index contributed by atoms with van der Waals surface area (Å²) >= 11 is 1.19. The molecule has 0 spiro atoms. The van der Waals surface area contributed by atoms with Gasteiger partial charge in [0.1, 0.15) is 5.56 Å². The number of fused-ring (bicyclic) bond motifs is 1. The van der Waals surface area contributed by atoms with Gasteiger partial charge in [0, 0.05) is 39.0 Å². The van der Waals surface area contributed by atoms with E-state index in [0.29, 0.717) is 42.4 Å². The third-order valence-corrected chi connectivity index (χ3v) is 6.81. The molecule has 31 heavy (non-hydrogen) atoms. The fourth-order valence-electron chi connectivity index (χ4n) is 3.86. The molecule has 0 radical (unpaired) electrons. The Hall–Kier alpha value is -2.78. The maximum Gasteiger partial charge on any atom is 0.264 e. The van der Waals surface area contributed by atoms with Crippen molar-refractivity contribution in [2.24, 2.45) is 0 Å². The predicted molar refractivity (Wildman–Crippen MR) is 116 cm³/mol. The highest BCUT2D eigenvalue weighted by Gasteiger charge is 2.32. The first-order chi connectivity index (χ1) is 14.9. The fourth-order valence-corrected chi connectivity index (χ4v) is 4.73. The summed E-state index contributed by atoms with van der Waals surface area (Å²) in [7, 11) is 1.55. The van der Waals surface area contributed by atoms with Crippen LogP contribution < -0.4 is 10.9 Å². The molecular weight excluding hydrogens is 418 g/mol. The average Bonchev–Trinajstić information content (AvgIpc) is 3.47. The molecule has 0 bridgehead atoms. The zero-order chi connectivity index (χ0) is 22.1. The molecule has 9 heteroatoms. The van der Waals surface area contributed by atoms with Crippen LogP contribution >= 0.6 is 11.3 Å². The maximum atomic E-state index is 13.1. The highest BCUT2D eigenvalue weighted by molar-refractivity contribution is 7.15. The predicted octanol–water partition coefficient (Wildman–Crippen LogP) is 2.02. The number of hydrogen-bond acceptors (Lipinski definition) is 6. The summed E-state index contributed by atoms with van der Waals surface area (Å²) in [6, 6.07) is 3.47. The Labute approximate surface area is 183 Å². The Bertz CT molecular complexity index is 1100. The normalized spacial score (nSPS) is 15.5. The van der Waals surface area contributed by atoms with Gasteiger partial charge in [0.05, 0.1) is 16.4 Å². The van der Waals surface area contributed by atoms with E-state index in [2.05, 4.69) is 5.32 Å². The number of Topliss-reactive ketones (excluding diaryl/α,β-unsaturated/α-hetero) is 1. The number of rotatable bonds is 7. The molecule has 3 heterocycles. The monoisotopic (exact) mass is 443 g/mol. The van der Waals surface area contributed by atoms with Crippen molar-refractivity contribution in [3.8, 4) is 0 Å². The molecule has 8 nitrogen and oxygen atoms in total. The molecule has 1 N–H and O–H groups in total. The molecule has 2 aromatic rings. The van der Waals surface area contributed by atoms with E-state index in [4.69, 9.17) is 4.74 Å². The van der Waals surface area contributed by atoms with Gasteiger partial charge in [0.25, 0.3) is 17.4 Å². The van der Waals surface area contributed by atoms with Crippen LogP contribution in [0.4, 0.5) is 0 Å². The second-order valence-corrected chi connectivity index (χ2v) is 8.98. The topological polar surface area (TPSA) is 97.7 Å². The Morgan fingerprint density at radius 3 is 2.61 bits per heavy atom. The van der Waals surface area contributed by atoms with Crippen LogP contribution in [0.3, 0.4) is 0 Å². The number of thiophene rings is 1. The van der Waals surface area contributed by atoms with E-state index in [1.165, 1.54) is 18.3 Å². The standard InChI is InChI=1S/C22H25N3O5S/c1-13(26)17-5-6-18(31-17)21(28)24-9-7-16-14(11-24)12-25(15-3-4-15)22(29)19(16)20(27)23-8-10-30-2/h5-6,12,15H,3-4,7-11H2,1-2H3,(H,23,27). The van der Waals surface area contributed by atoms with Crippen molar-refractivity contribution >= 4 is 28.9 Å². The van der Waals surface area contributed by atoms with Crippen molar-refractivity contribution in [3.63, 3.8) is 0 Å². The van der Waals surface area contributed by atoms with Gasteiger partial charge in [-0.15, -0.1) is 11.3 Å². The summed E-state index contributed by atoms with van der Waals surface area (Å²) in [6.45, 7) is 2.90. The van der Waals surface area contributed by atoms with Crippen molar-refractivity contribution in [1.82, 2.24) is 14.8 Å². The van der Waals surface area contributed by atoms with Gasteiger partial charge in [-0.1, -0.05) is 0 Å². The van der Waals surface area contributed by atoms with Crippen LogP contribution in [-0.2, 0) is 17.7 Å². The number of nitrogens with one attached hydrogen (secondary N) is 1. The number of hydrogen-bond donors (Lipinski definition) is 1. The molecule has 1 aliphatic heterocycles. The SMILES string of the molecule is COCCNC(=O)c1c2c(cn(C3CC3)c1=O)CN(C(=O)c1ccc(C(C)=O)s1)CC2. The number of nitrogens with zero attached hydrogens (tertiary/aromatic N) is 2. The van der Waals surface area contributed by atoms with Gasteiger partial charge in [-0.05, 0) is 49.4 Å². The fraction of sp³-hybridized carbons (Fsp3) is 0.455. The Morgan fingerprint density at radius 1 is 1.23 bits per heavy atom. The van der Waals surface area contributed by atoms with Crippen molar-refractivity contribution in [3.05, 3.63) is 55.1 Å². The van der Waals surface area contributed by atoms with Crippen LogP contribution in [0.15, 0.2) is 23.1 Å². The van der Waals surface area contributed by atoms with Crippen LogP contribution in [0.25, 0.3) is 0 Å². The number of methoxy groups -OCH3 is 1. The van der Waals surface area contributed by atoms with Gasteiger partial charge >= 0.3 is 0 Å². The summed E-state index contributed by atoms with van der Waals surface area (Å²) in [5.41, 5.74) is 1.46. The zero-order valence-electron chi connectivity index (χ0n) is 17.6. The lowest BCUT2D eigenvalue weighted by atomic mass is 9.95. The summed E-state index contributed by atoms with van der Waals surface area (Å²) in [5.74, 6) is -0.596. The van der Waals surface area contributed by atoms with Crippen molar-refractivity contribution in [2.75, 3.05) is 26.8 Å². The number of amides is 2. The number of carbonyl (C=O) groups excluding carboxylic acids is 3. The summed E-state index contributed by atoms with van der Waals surface area (Å²) in [4.78, 5) is 53.2.